The monoisotopic (exact) mass is 397 g/mol. The van der Waals surface area contributed by atoms with Crippen molar-refractivity contribution in [3.63, 3.8) is 0 Å². The standard InChI is InChI=1S/C16H16BrNO4S/c1-22-15-10-13(9-14(17)16(15)19)11-18-23(20,21)8-7-12-5-3-2-4-6-12/h2-6,9-11,19H,7-8H2,1H3/b18-11+. The van der Waals surface area contributed by atoms with Gasteiger partial charge >= 0.3 is 0 Å². The summed E-state index contributed by atoms with van der Waals surface area (Å²) in [6.07, 6.45) is 1.65. The number of phenolic OH excluding ortho intramolecular Hbond substituents is 1. The van der Waals surface area contributed by atoms with Crippen molar-refractivity contribution >= 4 is 32.2 Å². The van der Waals surface area contributed by atoms with E-state index < -0.39 is 10.0 Å². The third kappa shape index (κ3) is 5.07. The topological polar surface area (TPSA) is 76.0 Å². The van der Waals surface area contributed by atoms with Crippen LogP contribution in [0.3, 0.4) is 0 Å². The van der Waals surface area contributed by atoms with E-state index in [1.54, 1.807) is 6.07 Å². The summed E-state index contributed by atoms with van der Waals surface area (Å²) >= 11 is 3.18. The first kappa shape index (κ1) is 17.5. The van der Waals surface area contributed by atoms with Gasteiger partial charge in [-0.1, -0.05) is 30.3 Å². The highest BCUT2D eigenvalue weighted by Crippen LogP contribution is 2.34. The van der Waals surface area contributed by atoms with Gasteiger partial charge < -0.3 is 9.84 Å². The molecule has 0 amide bonds. The van der Waals surface area contributed by atoms with Crippen LogP contribution in [0.1, 0.15) is 11.1 Å². The molecule has 0 saturated carbocycles. The summed E-state index contributed by atoms with van der Waals surface area (Å²) in [7, 11) is -2.15. The maximum absolute atomic E-state index is 12.0. The van der Waals surface area contributed by atoms with Gasteiger partial charge in [0, 0.05) is 6.21 Å². The van der Waals surface area contributed by atoms with Crippen molar-refractivity contribution in [1.29, 1.82) is 0 Å². The summed E-state index contributed by atoms with van der Waals surface area (Å²) in [5.41, 5.74) is 1.45. The molecule has 0 aliphatic carbocycles. The quantitative estimate of drug-likeness (QED) is 0.759. The Morgan fingerprint density at radius 3 is 2.61 bits per heavy atom. The molecule has 1 N–H and O–H groups in total. The van der Waals surface area contributed by atoms with Gasteiger partial charge in [-0.3, -0.25) is 0 Å². The largest absolute Gasteiger partial charge is 0.503 e. The molecular weight excluding hydrogens is 382 g/mol. The molecule has 0 atom stereocenters. The van der Waals surface area contributed by atoms with Crippen LogP contribution < -0.4 is 4.74 Å². The summed E-state index contributed by atoms with van der Waals surface area (Å²) < 4.78 is 33.1. The molecule has 0 heterocycles. The van der Waals surface area contributed by atoms with Gasteiger partial charge in [-0.15, -0.1) is 0 Å². The van der Waals surface area contributed by atoms with E-state index >= 15 is 0 Å². The van der Waals surface area contributed by atoms with Crippen molar-refractivity contribution in [1.82, 2.24) is 0 Å². The molecule has 0 saturated heterocycles. The average Bonchev–Trinajstić information content (AvgIpc) is 2.55. The third-order valence-electron chi connectivity index (χ3n) is 3.12. The van der Waals surface area contributed by atoms with Crippen LogP contribution in [-0.4, -0.2) is 32.6 Å². The van der Waals surface area contributed by atoms with Crippen LogP contribution >= 0.6 is 15.9 Å². The van der Waals surface area contributed by atoms with Crippen molar-refractivity contribution in [3.05, 3.63) is 58.1 Å². The van der Waals surface area contributed by atoms with E-state index in [1.165, 1.54) is 19.4 Å². The molecule has 0 bridgehead atoms. The van der Waals surface area contributed by atoms with Crippen molar-refractivity contribution < 1.29 is 18.3 Å². The predicted molar refractivity (Wildman–Crippen MR) is 93.9 cm³/mol. The minimum absolute atomic E-state index is 0.0448. The zero-order chi connectivity index (χ0) is 16.9. The second kappa shape index (κ2) is 7.61. The van der Waals surface area contributed by atoms with Gasteiger partial charge in [0.1, 0.15) is 0 Å². The summed E-state index contributed by atoms with van der Waals surface area (Å²) in [6, 6.07) is 12.4. The molecule has 122 valence electrons. The maximum Gasteiger partial charge on any atom is 0.253 e. The first-order chi connectivity index (χ1) is 10.9. The van der Waals surface area contributed by atoms with Gasteiger partial charge in [0.2, 0.25) is 0 Å². The maximum atomic E-state index is 12.0. The summed E-state index contributed by atoms with van der Waals surface area (Å²) in [5, 5.41) is 9.73. The van der Waals surface area contributed by atoms with Gasteiger partial charge in [0.25, 0.3) is 10.0 Å². The van der Waals surface area contributed by atoms with Crippen LogP contribution in [0.2, 0.25) is 0 Å². The summed E-state index contributed by atoms with van der Waals surface area (Å²) in [5.74, 6) is 0.128. The number of aromatic hydroxyl groups is 1. The Bertz CT molecular complexity index is 804. The molecule has 7 heteroatoms. The lowest BCUT2D eigenvalue weighted by Crippen LogP contribution is -2.06. The number of ether oxygens (including phenoxy) is 1. The Morgan fingerprint density at radius 1 is 1.26 bits per heavy atom. The first-order valence-corrected chi connectivity index (χ1v) is 9.20. The van der Waals surface area contributed by atoms with Crippen molar-refractivity contribution in [2.75, 3.05) is 12.9 Å². The van der Waals surface area contributed by atoms with E-state index in [-0.39, 0.29) is 17.3 Å². The zero-order valence-corrected chi connectivity index (χ0v) is 14.8. The highest BCUT2D eigenvalue weighted by molar-refractivity contribution is 9.10. The Morgan fingerprint density at radius 2 is 1.96 bits per heavy atom. The van der Waals surface area contributed by atoms with Gasteiger partial charge in [0.15, 0.2) is 11.5 Å². The Balaban J connectivity index is 2.11. The van der Waals surface area contributed by atoms with Crippen molar-refractivity contribution in [2.45, 2.75) is 6.42 Å². The zero-order valence-electron chi connectivity index (χ0n) is 12.4. The number of rotatable bonds is 6. The highest BCUT2D eigenvalue weighted by Gasteiger charge is 2.10. The first-order valence-electron chi connectivity index (χ1n) is 6.80. The molecule has 23 heavy (non-hydrogen) atoms. The van der Waals surface area contributed by atoms with E-state index in [9.17, 15) is 13.5 Å². The van der Waals surface area contributed by atoms with E-state index in [0.717, 1.165) is 5.56 Å². The lowest BCUT2D eigenvalue weighted by molar-refractivity contribution is 0.372. The number of methoxy groups -OCH3 is 1. The lowest BCUT2D eigenvalue weighted by Gasteiger charge is -2.06. The number of benzene rings is 2. The Hall–Kier alpha value is -1.86. The molecule has 0 spiro atoms. The molecule has 0 radical (unpaired) electrons. The van der Waals surface area contributed by atoms with E-state index in [1.807, 2.05) is 30.3 Å². The molecule has 2 aromatic carbocycles. The van der Waals surface area contributed by atoms with Crippen LogP contribution in [-0.2, 0) is 16.4 Å². The van der Waals surface area contributed by atoms with Crippen molar-refractivity contribution in [3.8, 4) is 11.5 Å². The molecular formula is C16H16BrNO4S. The predicted octanol–water partition coefficient (Wildman–Crippen LogP) is 3.15. The summed E-state index contributed by atoms with van der Waals surface area (Å²) in [4.78, 5) is 0. The highest BCUT2D eigenvalue weighted by atomic mass is 79.9. The van der Waals surface area contributed by atoms with Gasteiger partial charge in [0.05, 0.1) is 17.3 Å². The summed E-state index contributed by atoms with van der Waals surface area (Å²) in [6.45, 7) is 0. The van der Waals surface area contributed by atoms with Crippen LogP contribution in [0.4, 0.5) is 0 Å². The van der Waals surface area contributed by atoms with Crippen molar-refractivity contribution in [2.24, 2.45) is 4.40 Å². The van der Waals surface area contributed by atoms with E-state index in [0.29, 0.717) is 16.5 Å². The number of hydrogen-bond acceptors (Lipinski definition) is 4. The van der Waals surface area contributed by atoms with E-state index in [4.69, 9.17) is 4.74 Å². The van der Waals surface area contributed by atoms with Crippen LogP contribution in [0, 0.1) is 0 Å². The third-order valence-corrected chi connectivity index (χ3v) is 4.88. The van der Waals surface area contributed by atoms with Crippen LogP contribution in [0.5, 0.6) is 11.5 Å². The smallest absolute Gasteiger partial charge is 0.253 e. The van der Waals surface area contributed by atoms with Gasteiger partial charge in [-0.2, -0.15) is 4.40 Å². The number of sulfonamides is 1. The fourth-order valence-electron chi connectivity index (χ4n) is 1.91. The number of phenols is 1. The number of nitrogens with zero attached hydrogens (tertiary/aromatic N) is 1. The number of halogens is 1. The second-order valence-electron chi connectivity index (χ2n) is 4.81. The van der Waals surface area contributed by atoms with E-state index in [2.05, 4.69) is 20.3 Å². The molecule has 2 aromatic rings. The minimum atomic E-state index is -3.57. The fraction of sp³-hybridized carbons (Fsp3) is 0.188. The number of hydrogen-bond donors (Lipinski definition) is 1. The molecule has 0 unspecified atom stereocenters. The van der Waals surface area contributed by atoms with Gasteiger partial charge in [-0.05, 0) is 45.6 Å². The molecule has 0 fully saturated rings. The molecule has 0 aliphatic heterocycles. The lowest BCUT2D eigenvalue weighted by atomic mass is 10.2. The Labute approximate surface area is 143 Å². The van der Waals surface area contributed by atoms with Crippen LogP contribution in [0.15, 0.2) is 51.3 Å². The normalized spacial score (nSPS) is 11.7. The number of aryl methyl sites for hydroxylation is 1. The molecule has 2 rings (SSSR count). The molecule has 0 aromatic heterocycles. The SMILES string of the molecule is COc1cc(/C=N/S(=O)(=O)CCc2ccccc2)cc(Br)c1O. The average molecular weight is 398 g/mol. The minimum Gasteiger partial charge on any atom is -0.503 e. The Kier molecular flexibility index (Phi) is 5.79. The molecule has 0 aliphatic rings. The van der Waals surface area contributed by atoms with Crippen LogP contribution in [0.25, 0.3) is 0 Å². The van der Waals surface area contributed by atoms with Gasteiger partial charge in [-0.25, -0.2) is 8.42 Å². The second-order valence-corrected chi connectivity index (χ2v) is 7.45. The molecule has 5 nitrogen and oxygen atoms in total. The fourth-order valence-corrected chi connectivity index (χ4v) is 3.25.